The van der Waals surface area contributed by atoms with E-state index in [0.29, 0.717) is 16.9 Å². The van der Waals surface area contributed by atoms with Crippen molar-refractivity contribution in [2.75, 3.05) is 11.5 Å². The lowest BCUT2D eigenvalue weighted by atomic mass is 9.97. The Hall–Kier alpha value is -1.77. The third-order valence-corrected chi connectivity index (χ3v) is 2.46. The Morgan fingerprint density at radius 3 is 2.44 bits per heavy atom. The van der Waals surface area contributed by atoms with E-state index in [1.807, 2.05) is 0 Å². The van der Waals surface area contributed by atoms with Crippen LogP contribution in [-0.2, 0) is 0 Å². The first-order chi connectivity index (χ1) is 7.47. The SMILES string of the molecule is Cc1cc(N)c(N)cc1C(O)C(O)CC#N. The first kappa shape index (κ1) is 12.3. The van der Waals surface area contributed by atoms with Gasteiger partial charge in [0, 0.05) is 0 Å². The van der Waals surface area contributed by atoms with Crippen molar-refractivity contribution in [3.05, 3.63) is 23.3 Å². The van der Waals surface area contributed by atoms with Crippen molar-refractivity contribution in [3.63, 3.8) is 0 Å². The van der Waals surface area contributed by atoms with Crippen molar-refractivity contribution in [2.45, 2.75) is 25.6 Å². The molecule has 0 amide bonds. The molecule has 1 aromatic rings. The van der Waals surface area contributed by atoms with E-state index in [1.165, 1.54) is 6.07 Å². The molecule has 0 saturated carbocycles. The molecule has 6 N–H and O–H groups in total. The van der Waals surface area contributed by atoms with Crippen LogP contribution in [0.5, 0.6) is 0 Å². The summed E-state index contributed by atoms with van der Waals surface area (Å²) in [6, 6.07) is 4.95. The first-order valence-electron chi connectivity index (χ1n) is 4.86. The Kier molecular flexibility index (Phi) is 3.72. The third-order valence-electron chi connectivity index (χ3n) is 2.46. The molecule has 5 heteroatoms. The molecular formula is C11H15N3O2. The number of nitriles is 1. The van der Waals surface area contributed by atoms with Gasteiger partial charge in [0.1, 0.15) is 6.10 Å². The molecule has 1 aromatic carbocycles. The number of aliphatic hydroxyl groups excluding tert-OH is 2. The van der Waals surface area contributed by atoms with E-state index in [2.05, 4.69) is 0 Å². The number of nitrogen functional groups attached to an aromatic ring is 2. The molecule has 2 unspecified atom stereocenters. The molecule has 86 valence electrons. The van der Waals surface area contributed by atoms with Crippen LogP contribution in [0.1, 0.15) is 23.7 Å². The van der Waals surface area contributed by atoms with E-state index in [4.69, 9.17) is 16.7 Å². The standard InChI is InChI=1S/C11H15N3O2/c1-6-4-8(13)9(14)5-7(6)11(16)10(15)2-3-12/h4-5,10-11,15-16H,2,13-14H2,1H3. The maximum absolute atomic E-state index is 9.82. The summed E-state index contributed by atoms with van der Waals surface area (Å²) in [6.07, 6.45) is -2.38. The smallest absolute Gasteiger partial charge is 0.106 e. The molecule has 1 rings (SSSR count). The number of nitrogens with zero attached hydrogens (tertiary/aromatic N) is 1. The predicted octanol–water partition coefficient (Wildman–Crippen LogP) is 0.467. The van der Waals surface area contributed by atoms with Crippen LogP contribution >= 0.6 is 0 Å². The van der Waals surface area contributed by atoms with E-state index in [0.717, 1.165) is 5.56 Å². The van der Waals surface area contributed by atoms with E-state index in [-0.39, 0.29) is 6.42 Å². The number of anilines is 2. The third kappa shape index (κ3) is 2.42. The fourth-order valence-electron chi connectivity index (χ4n) is 1.50. The van der Waals surface area contributed by atoms with Crippen molar-refractivity contribution in [1.29, 1.82) is 5.26 Å². The largest absolute Gasteiger partial charge is 0.397 e. The van der Waals surface area contributed by atoms with Gasteiger partial charge in [0.25, 0.3) is 0 Å². The van der Waals surface area contributed by atoms with Crippen LogP contribution in [0.2, 0.25) is 0 Å². The van der Waals surface area contributed by atoms with Crippen LogP contribution in [0.4, 0.5) is 11.4 Å². The minimum Gasteiger partial charge on any atom is -0.397 e. The van der Waals surface area contributed by atoms with Crippen molar-refractivity contribution in [3.8, 4) is 6.07 Å². The summed E-state index contributed by atoms with van der Waals surface area (Å²) in [7, 11) is 0. The fourth-order valence-corrected chi connectivity index (χ4v) is 1.50. The highest BCUT2D eigenvalue weighted by Gasteiger charge is 2.20. The number of benzene rings is 1. The highest BCUT2D eigenvalue weighted by Crippen LogP contribution is 2.27. The Morgan fingerprint density at radius 2 is 1.88 bits per heavy atom. The molecule has 0 aliphatic carbocycles. The van der Waals surface area contributed by atoms with Crippen molar-refractivity contribution in [2.24, 2.45) is 0 Å². The zero-order valence-corrected chi connectivity index (χ0v) is 9.01. The number of aliphatic hydroxyl groups is 2. The van der Waals surface area contributed by atoms with Gasteiger partial charge in [0.2, 0.25) is 0 Å². The van der Waals surface area contributed by atoms with Gasteiger partial charge in [-0.3, -0.25) is 0 Å². The number of hydrogen-bond acceptors (Lipinski definition) is 5. The van der Waals surface area contributed by atoms with Gasteiger partial charge < -0.3 is 21.7 Å². The van der Waals surface area contributed by atoms with Gasteiger partial charge >= 0.3 is 0 Å². The lowest BCUT2D eigenvalue weighted by Gasteiger charge is -2.18. The average molecular weight is 221 g/mol. The van der Waals surface area contributed by atoms with Crippen LogP contribution in [0.15, 0.2) is 12.1 Å². The molecule has 2 atom stereocenters. The zero-order chi connectivity index (χ0) is 12.3. The van der Waals surface area contributed by atoms with Gasteiger partial charge in [-0.2, -0.15) is 5.26 Å². The molecule has 0 fully saturated rings. The number of nitrogens with two attached hydrogens (primary N) is 2. The highest BCUT2D eigenvalue weighted by molar-refractivity contribution is 5.66. The fraction of sp³-hybridized carbons (Fsp3) is 0.364. The molecule has 0 heterocycles. The molecule has 0 radical (unpaired) electrons. The average Bonchev–Trinajstić information content (AvgIpc) is 2.23. The van der Waals surface area contributed by atoms with Gasteiger partial charge in [-0.25, -0.2) is 0 Å². The number of aryl methyl sites for hydroxylation is 1. The maximum atomic E-state index is 9.82. The minimum atomic E-state index is -1.12. The number of hydrogen-bond donors (Lipinski definition) is 4. The Morgan fingerprint density at radius 1 is 1.31 bits per heavy atom. The van der Waals surface area contributed by atoms with Crippen molar-refractivity contribution >= 4 is 11.4 Å². The molecule has 0 spiro atoms. The van der Waals surface area contributed by atoms with E-state index >= 15 is 0 Å². The lowest BCUT2D eigenvalue weighted by Crippen LogP contribution is -2.18. The van der Waals surface area contributed by atoms with Gasteiger partial charge in [-0.1, -0.05) is 0 Å². The molecular weight excluding hydrogens is 206 g/mol. The monoisotopic (exact) mass is 221 g/mol. The summed E-state index contributed by atoms with van der Waals surface area (Å²) in [6.45, 7) is 1.76. The van der Waals surface area contributed by atoms with Gasteiger partial charge in [-0.05, 0) is 30.2 Å². The van der Waals surface area contributed by atoms with E-state index in [1.54, 1.807) is 19.1 Å². The topological polar surface area (TPSA) is 116 Å². The van der Waals surface area contributed by atoms with Gasteiger partial charge in [0.05, 0.1) is 30.0 Å². The quantitative estimate of drug-likeness (QED) is 0.553. The molecule has 0 aromatic heterocycles. The summed E-state index contributed by atoms with van der Waals surface area (Å²) < 4.78 is 0. The van der Waals surface area contributed by atoms with Crippen molar-refractivity contribution in [1.82, 2.24) is 0 Å². The first-order valence-corrected chi connectivity index (χ1v) is 4.86. The Labute approximate surface area is 93.9 Å². The highest BCUT2D eigenvalue weighted by atomic mass is 16.3. The molecule has 5 nitrogen and oxygen atoms in total. The second-order valence-electron chi connectivity index (χ2n) is 3.71. The normalized spacial score (nSPS) is 14.1. The zero-order valence-electron chi connectivity index (χ0n) is 9.01. The summed E-state index contributed by atoms with van der Waals surface area (Å²) in [5.74, 6) is 0. The Bertz CT molecular complexity index is 426. The summed E-state index contributed by atoms with van der Waals surface area (Å²) in [5, 5.41) is 27.8. The molecule has 0 aliphatic rings. The van der Waals surface area contributed by atoms with Crippen LogP contribution in [0.25, 0.3) is 0 Å². The molecule has 0 saturated heterocycles. The second-order valence-corrected chi connectivity index (χ2v) is 3.71. The van der Waals surface area contributed by atoms with E-state index < -0.39 is 12.2 Å². The van der Waals surface area contributed by atoms with Crippen LogP contribution in [-0.4, -0.2) is 16.3 Å². The summed E-state index contributed by atoms with van der Waals surface area (Å²) in [4.78, 5) is 0. The lowest BCUT2D eigenvalue weighted by molar-refractivity contribution is 0.0213. The van der Waals surface area contributed by atoms with Gasteiger partial charge in [-0.15, -0.1) is 0 Å². The van der Waals surface area contributed by atoms with E-state index in [9.17, 15) is 10.2 Å². The second kappa shape index (κ2) is 4.84. The Balaban J connectivity index is 3.04. The summed E-state index contributed by atoms with van der Waals surface area (Å²) in [5.41, 5.74) is 13.2. The molecule has 0 aliphatic heterocycles. The molecule has 16 heavy (non-hydrogen) atoms. The number of rotatable bonds is 3. The predicted molar refractivity (Wildman–Crippen MR) is 61.2 cm³/mol. The van der Waals surface area contributed by atoms with Crippen LogP contribution in [0.3, 0.4) is 0 Å². The van der Waals surface area contributed by atoms with Crippen LogP contribution < -0.4 is 11.5 Å². The van der Waals surface area contributed by atoms with Crippen LogP contribution in [0, 0.1) is 18.3 Å². The maximum Gasteiger partial charge on any atom is 0.106 e. The summed E-state index contributed by atoms with van der Waals surface area (Å²) >= 11 is 0. The van der Waals surface area contributed by atoms with Gasteiger partial charge in [0.15, 0.2) is 0 Å². The molecule has 0 bridgehead atoms. The van der Waals surface area contributed by atoms with Crippen molar-refractivity contribution < 1.29 is 10.2 Å². The minimum absolute atomic E-state index is 0.134.